The van der Waals surface area contributed by atoms with Gasteiger partial charge >= 0.3 is 0 Å². The van der Waals surface area contributed by atoms with E-state index in [1.807, 2.05) is 23.6 Å². The Morgan fingerprint density at radius 3 is 2.55 bits per heavy atom. The minimum atomic E-state index is 0.272. The van der Waals surface area contributed by atoms with E-state index in [0.717, 1.165) is 21.8 Å². The number of nitrogens with zero attached hydrogens (tertiary/aromatic N) is 1. The SMILES string of the molecule is Cc1ccc(-c2csc(-c3ccccc3O)n2)cc1C. The van der Waals surface area contributed by atoms with Gasteiger partial charge in [0.05, 0.1) is 11.3 Å². The molecule has 0 aliphatic carbocycles. The number of thiazole rings is 1. The highest BCUT2D eigenvalue weighted by Crippen LogP contribution is 2.34. The standard InChI is InChI=1S/C17H15NOS/c1-11-7-8-13(9-12(11)2)15-10-20-17(18-15)14-5-3-4-6-16(14)19/h3-10,19H,1-2H3. The Balaban J connectivity index is 2.02. The molecule has 2 nitrogen and oxygen atoms in total. The molecule has 0 saturated heterocycles. The van der Waals surface area contributed by atoms with Crippen molar-refractivity contribution in [3.05, 3.63) is 59.0 Å². The fourth-order valence-corrected chi connectivity index (χ4v) is 2.95. The molecule has 1 heterocycles. The molecule has 0 radical (unpaired) electrons. The van der Waals surface area contributed by atoms with Crippen LogP contribution in [-0.4, -0.2) is 10.1 Å². The van der Waals surface area contributed by atoms with Gasteiger partial charge in [0, 0.05) is 10.9 Å². The van der Waals surface area contributed by atoms with Gasteiger partial charge in [-0.05, 0) is 43.2 Å². The molecular formula is C17H15NOS. The predicted molar refractivity (Wildman–Crippen MR) is 84.1 cm³/mol. The molecule has 0 unspecified atom stereocenters. The molecule has 0 aliphatic heterocycles. The number of phenolic OH excluding ortho intramolecular Hbond substituents is 1. The molecule has 1 N–H and O–H groups in total. The largest absolute Gasteiger partial charge is 0.507 e. The van der Waals surface area contributed by atoms with E-state index in [2.05, 4.69) is 37.0 Å². The molecule has 0 saturated carbocycles. The molecule has 3 heteroatoms. The van der Waals surface area contributed by atoms with E-state index < -0.39 is 0 Å². The molecule has 3 rings (SSSR count). The topological polar surface area (TPSA) is 33.1 Å². The van der Waals surface area contributed by atoms with Crippen LogP contribution in [0.4, 0.5) is 0 Å². The molecule has 100 valence electrons. The highest BCUT2D eigenvalue weighted by Gasteiger charge is 2.10. The smallest absolute Gasteiger partial charge is 0.127 e. The quantitative estimate of drug-likeness (QED) is 0.732. The monoisotopic (exact) mass is 281 g/mol. The van der Waals surface area contributed by atoms with Gasteiger partial charge in [0.2, 0.25) is 0 Å². The van der Waals surface area contributed by atoms with E-state index in [4.69, 9.17) is 0 Å². The first-order chi connectivity index (χ1) is 9.65. The normalized spacial score (nSPS) is 10.7. The van der Waals surface area contributed by atoms with Crippen LogP contribution in [0.15, 0.2) is 47.8 Å². The van der Waals surface area contributed by atoms with Crippen LogP contribution in [0.3, 0.4) is 0 Å². The zero-order chi connectivity index (χ0) is 14.1. The Morgan fingerprint density at radius 2 is 1.80 bits per heavy atom. The van der Waals surface area contributed by atoms with Gasteiger partial charge < -0.3 is 5.11 Å². The number of aromatic nitrogens is 1. The third kappa shape index (κ3) is 2.32. The maximum atomic E-state index is 9.89. The first-order valence-electron chi connectivity index (χ1n) is 6.46. The van der Waals surface area contributed by atoms with Crippen LogP contribution in [0.1, 0.15) is 11.1 Å². The maximum Gasteiger partial charge on any atom is 0.127 e. The molecule has 0 aliphatic rings. The third-order valence-electron chi connectivity index (χ3n) is 3.44. The Hall–Kier alpha value is -2.13. The van der Waals surface area contributed by atoms with E-state index in [9.17, 15) is 5.11 Å². The lowest BCUT2D eigenvalue weighted by atomic mass is 10.1. The molecule has 0 amide bonds. The van der Waals surface area contributed by atoms with Crippen LogP contribution in [-0.2, 0) is 0 Å². The Morgan fingerprint density at radius 1 is 1.00 bits per heavy atom. The Labute approximate surface area is 122 Å². The van der Waals surface area contributed by atoms with Crippen molar-refractivity contribution in [2.75, 3.05) is 0 Å². The van der Waals surface area contributed by atoms with Crippen molar-refractivity contribution < 1.29 is 5.11 Å². The van der Waals surface area contributed by atoms with Gasteiger partial charge in [0.15, 0.2) is 0 Å². The summed E-state index contributed by atoms with van der Waals surface area (Å²) in [5, 5.41) is 12.8. The van der Waals surface area contributed by atoms with Crippen LogP contribution >= 0.6 is 11.3 Å². The Kier molecular flexibility index (Phi) is 3.28. The average molecular weight is 281 g/mol. The molecule has 1 aromatic heterocycles. The van der Waals surface area contributed by atoms with Crippen molar-refractivity contribution in [1.29, 1.82) is 0 Å². The van der Waals surface area contributed by atoms with E-state index in [1.54, 1.807) is 17.4 Å². The van der Waals surface area contributed by atoms with Crippen LogP contribution in [0.25, 0.3) is 21.8 Å². The summed E-state index contributed by atoms with van der Waals surface area (Å²) in [6.07, 6.45) is 0. The van der Waals surface area contributed by atoms with E-state index in [0.29, 0.717) is 0 Å². The number of phenols is 1. The van der Waals surface area contributed by atoms with Crippen molar-refractivity contribution in [3.8, 4) is 27.6 Å². The highest BCUT2D eigenvalue weighted by molar-refractivity contribution is 7.13. The average Bonchev–Trinajstić information content (AvgIpc) is 2.92. The fourth-order valence-electron chi connectivity index (χ4n) is 2.09. The molecule has 20 heavy (non-hydrogen) atoms. The molecule has 0 spiro atoms. The lowest BCUT2D eigenvalue weighted by molar-refractivity contribution is 0.477. The zero-order valence-corrected chi connectivity index (χ0v) is 12.2. The summed E-state index contributed by atoms with van der Waals surface area (Å²) in [5.74, 6) is 0.272. The van der Waals surface area contributed by atoms with Crippen LogP contribution in [0.2, 0.25) is 0 Å². The predicted octanol–water partition coefficient (Wildman–Crippen LogP) is 4.80. The van der Waals surface area contributed by atoms with Crippen molar-refractivity contribution in [1.82, 2.24) is 4.98 Å². The number of hydrogen-bond acceptors (Lipinski definition) is 3. The lowest BCUT2D eigenvalue weighted by Gasteiger charge is -2.02. The molecular weight excluding hydrogens is 266 g/mol. The number of aryl methyl sites for hydroxylation is 2. The second kappa shape index (κ2) is 5.10. The van der Waals surface area contributed by atoms with Gasteiger partial charge in [-0.2, -0.15) is 0 Å². The first-order valence-corrected chi connectivity index (χ1v) is 7.34. The van der Waals surface area contributed by atoms with Crippen molar-refractivity contribution >= 4 is 11.3 Å². The highest BCUT2D eigenvalue weighted by atomic mass is 32.1. The maximum absolute atomic E-state index is 9.89. The number of para-hydroxylation sites is 1. The van der Waals surface area contributed by atoms with Crippen LogP contribution in [0.5, 0.6) is 5.75 Å². The lowest BCUT2D eigenvalue weighted by Crippen LogP contribution is -1.84. The first kappa shape index (κ1) is 12.9. The van der Waals surface area contributed by atoms with Gasteiger partial charge in [-0.3, -0.25) is 0 Å². The van der Waals surface area contributed by atoms with Gasteiger partial charge in [-0.1, -0.05) is 24.3 Å². The van der Waals surface area contributed by atoms with Crippen molar-refractivity contribution in [3.63, 3.8) is 0 Å². The molecule has 0 bridgehead atoms. The van der Waals surface area contributed by atoms with Gasteiger partial charge in [-0.15, -0.1) is 11.3 Å². The summed E-state index contributed by atoms with van der Waals surface area (Å²) in [4.78, 5) is 4.64. The van der Waals surface area contributed by atoms with Crippen LogP contribution < -0.4 is 0 Å². The molecule has 2 aromatic carbocycles. The van der Waals surface area contributed by atoms with E-state index in [1.165, 1.54) is 11.1 Å². The van der Waals surface area contributed by atoms with E-state index >= 15 is 0 Å². The summed E-state index contributed by atoms with van der Waals surface area (Å²) in [5.41, 5.74) is 5.40. The Bertz CT molecular complexity index is 761. The number of benzene rings is 2. The third-order valence-corrected chi connectivity index (χ3v) is 4.32. The molecule has 0 fully saturated rings. The van der Waals surface area contributed by atoms with Crippen molar-refractivity contribution in [2.24, 2.45) is 0 Å². The number of aromatic hydroxyl groups is 1. The number of rotatable bonds is 2. The summed E-state index contributed by atoms with van der Waals surface area (Å²) in [6, 6.07) is 13.7. The molecule has 3 aromatic rings. The molecule has 0 atom stereocenters. The van der Waals surface area contributed by atoms with Gasteiger partial charge in [-0.25, -0.2) is 4.98 Å². The van der Waals surface area contributed by atoms with Gasteiger partial charge in [0.25, 0.3) is 0 Å². The summed E-state index contributed by atoms with van der Waals surface area (Å²) >= 11 is 1.55. The summed E-state index contributed by atoms with van der Waals surface area (Å²) < 4.78 is 0. The zero-order valence-electron chi connectivity index (χ0n) is 11.4. The minimum absolute atomic E-state index is 0.272. The van der Waals surface area contributed by atoms with E-state index in [-0.39, 0.29) is 5.75 Å². The summed E-state index contributed by atoms with van der Waals surface area (Å²) in [7, 11) is 0. The van der Waals surface area contributed by atoms with Crippen LogP contribution in [0, 0.1) is 13.8 Å². The van der Waals surface area contributed by atoms with Gasteiger partial charge in [0.1, 0.15) is 10.8 Å². The minimum Gasteiger partial charge on any atom is -0.507 e. The second-order valence-electron chi connectivity index (χ2n) is 4.85. The fraction of sp³-hybridized carbons (Fsp3) is 0.118. The summed E-state index contributed by atoms with van der Waals surface area (Å²) in [6.45, 7) is 4.21. The van der Waals surface area contributed by atoms with Crippen molar-refractivity contribution in [2.45, 2.75) is 13.8 Å². The number of hydrogen-bond donors (Lipinski definition) is 1. The second-order valence-corrected chi connectivity index (χ2v) is 5.71.